The molecular formula is C73H116O6. The van der Waals surface area contributed by atoms with Crippen molar-refractivity contribution in [3.05, 3.63) is 158 Å². The third-order valence-electron chi connectivity index (χ3n) is 13.0. The number of unbranched alkanes of at least 4 members (excludes halogenated alkanes) is 19. The van der Waals surface area contributed by atoms with Crippen molar-refractivity contribution >= 4 is 17.9 Å². The van der Waals surface area contributed by atoms with Gasteiger partial charge in [0.05, 0.1) is 0 Å². The summed E-state index contributed by atoms with van der Waals surface area (Å²) in [5.74, 6) is -0.997. The lowest BCUT2D eigenvalue weighted by molar-refractivity contribution is -0.167. The molecule has 0 fully saturated rings. The number of allylic oxidation sites excluding steroid dienone is 26. The minimum absolute atomic E-state index is 0.118. The van der Waals surface area contributed by atoms with E-state index < -0.39 is 6.10 Å². The lowest BCUT2D eigenvalue weighted by Gasteiger charge is -2.18. The Kier molecular flexibility index (Phi) is 61.4. The van der Waals surface area contributed by atoms with E-state index in [9.17, 15) is 14.4 Å². The second kappa shape index (κ2) is 65.5. The van der Waals surface area contributed by atoms with Gasteiger partial charge in [0.25, 0.3) is 0 Å². The van der Waals surface area contributed by atoms with E-state index in [4.69, 9.17) is 14.2 Å². The van der Waals surface area contributed by atoms with E-state index in [0.717, 1.165) is 135 Å². The van der Waals surface area contributed by atoms with Gasteiger partial charge >= 0.3 is 17.9 Å². The van der Waals surface area contributed by atoms with Crippen molar-refractivity contribution in [3.63, 3.8) is 0 Å². The molecular weight excluding hydrogens is 973 g/mol. The van der Waals surface area contributed by atoms with Gasteiger partial charge in [0, 0.05) is 19.3 Å². The summed E-state index contributed by atoms with van der Waals surface area (Å²) in [6, 6.07) is 0. The highest BCUT2D eigenvalue weighted by molar-refractivity contribution is 5.71. The first-order valence-electron chi connectivity index (χ1n) is 32.0. The Labute approximate surface area is 486 Å². The first-order valence-corrected chi connectivity index (χ1v) is 32.0. The van der Waals surface area contributed by atoms with E-state index >= 15 is 0 Å². The zero-order valence-electron chi connectivity index (χ0n) is 50.8. The van der Waals surface area contributed by atoms with Crippen LogP contribution in [0.15, 0.2) is 158 Å². The second-order valence-electron chi connectivity index (χ2n) is 20.5. The Balaban J connectivity index is 4.56. The zero-order chi connectivity index (χ0) is 57.1. The van der Waals surface area contributed by atoms with Crippen LogP contribution in [0.1, 0.15) is 265 Å². The Morgan fingerprint density at radius 2 is 0.494 bits per heavy atom. The highest BCUT2D eigenvalue weighted by Gasteiger charge is 2.19. The van der Waals surface area contributed by atoms with E-state index in [0.29, 0.717) is 19.3 Å². The summed E-state index contributed by atoms with van der Waals surface area (Å²) in [6.07, 6.45) is 95.3. The van der Waals surface area contributed by atoms with Crippen molar-refractivity contribution in [2.75, 3.05) is 13.2 Å². The number of ether oxygens (including phenoxy) is 3. The fourth-order valence-corrected chi connectivity index (χ4v) is 8.27. The molecule has 0 rings (SSSR count). The minimum Gasteiger partial charge on any atom is -0.462 e. The molecule has 0 N–H and O–H groups in total. The van der Waals surface area contributed by atoms with Gasteiger partial charge in [-0.15, -0.1) is 0 Å². The molecule has 1 atom stereocenters. The Morgan fingerprint density at radius 3 is 0.810 bits per heavy atom. The smallest absolute Gasteiger partial charge is 0.306 e. The van der Waals surface area contributed by atoms with E-state index in [1.165, 1.54) is 83.5 Å². The summed E-state index contributed by atoms with van der Waals surface area (Å²) in [4.78, 5) is 38.4. The molecule has 0 aliphatic rings. The highest BCUT2D eigenvalue weighted by Crippen LogP contribution is 2.14. The van der Waals surface area contributed by atoms with Crippen LogP contribution < -0.4 is 0 Å². The first-order chi connectivity index (χ1) is 39.0. The molecule has 0 bridgehead atoms. The topological polar surface area (TPSA) is 78.9 Å². The molecule has 444 valence electrons. The van der Waals surface area contributed by atoms with Crippen LogP contribution in [-0.4, -0.2) is 37.2 Å². The fraction of sp³-hybridized carbons (Fsp3) is 0.603. The molecule has 79 heavy (non-hydrogen) atoms. The molecule has 0 saturated heterocycles. The second-order valence-corrected chi connectivity index (χ2v) is 20.5. The van der Waals surface area contributed by atoms with Crippen molar-refractivity contribution in [1.29, 1.82) is 0 Å². The van der Waals surface area contributed by atoms with Crippen LogP contribution in [0.4, 0.5) is 0 Å². The molecule has 0 aromatic heterocycles. The molecule has 0 amide bonds. The van der Waals surface area contributed by atoms with Gasteiger partial charge in [-0.25, -0.2) is 0 Å². The highest BCUT2D eigenvalue weighted by atomic mass is 16.6. The largest absolute Gasteiger partial charge is 0.462 e. The van der Waals surface area contributed by atoms with E-state index in [-0.39, 0.29) is 37.5 Å². The summed E-state index contributed by atoms with van der Waals surface area (Å²) in [6.45, 7) is 6.33. The maximum absolute atomic E-state index is 12.9. The third-order valence-corrected chi connectivity index (χ3v) is 13.0. The van der Waals surface area contributed by atoms with Crippen LogP contribution in [0.5, 0.6) is 0 Å². The Hall–Kier alpha value is -4.97. The van der Waals surface area contributed by atoms with Gasteiger partial charge < -0.3 is 14.2 Å². The average Bonchev–Trinajstić information content (AvgIpc) is 3.45. The zero-order valence-corrected chi connectivity index (χ0v) is 50.8. The van der Waals surface area contributed by atoms with Gasteiger partial charge in [-0.05, 0) is 148 Å². The van der Waals surface area contributed by atoms with Gasteiger partial charge in [0.15, 0.2) is 6.10 Å². The van der Waals surface area contributed by atoms with Crippen molar-refractivity contribution < 1.29 is 28.6 Å². The molecule has 0 aliphatic carbocycles. The van der Waals surface area contributed by atoms with Crippen molar-refractivity contribution in [1.82, 2.24) is 0 Å². The predicted molar refractivity (Wildman–Crippen MR) is 343 cm³/mol. The third kappa shape index (κ3) is 63.7. The fourth-order valence-electron chi connectivity index (χ4n) is 8.27. The van der Waals surface area contributed by atoms with Gasteiger partial charge in [0.1, 0.15) is 13.2 Å². The lowest BCUT2D eigenvalue weighted by Crippen LogP contribution is -2.30. The Morgan fingerprint density at radius 1 is 0.266 bits per heavy atom. The molecule has 0 aliphatic heterocycles. The number of hydrogen-bond acceptors (Lipinski definition) is 6. The van der Waals surface area contributed by atoms with Crippen LogP contribution in [0.2, 0.25) is 0 Å². The first kappa shape index (κ1) is 74.0. The Bertz CT molecular complexity index is 1780. The average molecular weight is 1090 g/mol. The van der Waals surface area contributed by atoms with E-state index in [1.54, 1.807) is 0 Å². The van der Waals surface area contributed by atoms with Crippen LogP contribution in [0.3, 0.4) is 0 Å². The van der Waals surface area contributed by atoms with E-state index in [2.05, 4.69) is 179 Å². The van der Waals surface area contributed by atoms with Gasteiger partial charge in [0.2, 0.25) is 0 Å². The molecule has 0 spiro atoms. The van der Waals surface area contributed by atoms with Crippen LogP contribution in [0, 0.1) is 0 Å². The molecule has 0 saturated carbocycles. The van der Waals surface area contributed by atoms with Crippen LogP contribution >= 0.6 is 0 Å². The standard InChI is InChI=1S/C73H116O6/c1-4-7-10-13-16-19-22-25-28-31-34-36-39-42-45-48-51-54-57-60-63-66-72(75)78-69-70(68-77-71(74)65-62-59-56-53-50-47-44-41-38-33-30-27-24-21-18-15-12-9-6-3)79-73(76)67-64-61-58-55-52-49-46-43-40-37-35-32-29-26-23-20-17-14-11-8-5-2/h7,9-10,12,16,18-19,21,23,25-28,30,32,34-36,38,41-42,45,47,50-51,54,70H,4-6,8,11,13-15,17,20,22,24,29,31,33,37,39-40,43-44,46,48-49,52-53,55-69H2,1-3H3/b10-7-,12-9-,19-16-,21-18-,26-23-,28-25-,30-27-,35-32-,36-34-,41-38-,45-42-,50-47-,54-51-. The molecule has 0 radical (unpaired) electrons. The number of rotatable bonds is 56. The lowest BCUT2D eigenvalue weighted by atomic mass is 10.1. The van der Waals surface area contributed by atoms with Crippen molar-refractivity contribution in [2.45, 2.75) is 271 Å². The van der Waals surface area contributed by atoms with Gasteiger partial charge in [-0.1, -0.05) is 256 Å². The molecule has 6 heteroatoms. The maximum atomic E-state index is 12.9. The van der Waals surface area contributed by atoms with Gasteiger partial charge in [-0.3, -0.25) is 14.4 Å². The SMILES string of the molecule is CC/C=C\C/C=C\C/C=C\C/C=C\C/C=C\C/C=C\CCCCC(=O)OCC(COC(=O)CCCCC/C=C\C/C=C\C/C=C\C/C=C\C/C=C\CC)OC(=O)CCCCCCCCCCC/C=C\C/C=C\CCCCCCC. The summed E-state index contributed by atoms with van der Waals surface area (Å²) in [7, 11) is 0. The van der Waals surface area contributed by atoms with Crippen molar-refractivity contribution in [3.8, 4) is 0 Å². The predicted octanol–water partition coefficient (Wildman–Crippen LogP) is 22.1. The molecule has 0 aromatic carbocycles. The van der Waals surface area contributed by atoms with Crippen molar-refractivity contribution in [2.24, 2.45) is 0 Å². The number of carbonyl (C=O) groups excluding carboxylic acids is 3. The number of hydrogen-bond donors (Lipinski definition) is 0. The monoisotopic (exact) mass is 1090 g/mol. The van der Waals surface area contributed by atoms with E-state index in [1.807, 2.05) is 0 Å². The minimum atomic E-state index is -0.822. The molecule has 0 heterocycles. The summed E-state index contributed by atoms with van der Waals surface area (Å²) >= 11 is 0. The molecule has 0 aromatic rings. The number of esters is 3. The molecule has 6 nitrogen and oxygen atoms in total. The summed E-state index contributed by atoms with van der Waals surface area (Å²) in [5.41, 5.74) is 0. The van der Waals surface area contributed by atoms with Crippen LogP contribution in [-0.2, 0) is 28.6 Å². The number of carbonyl (C=O) groups is 3. The van der Waals surface area contributed by atoms with Gasteiger partial charge in [-0.2, -0.15) is 0 Å². The molecule has 1 unspecified atom stereocenters. The van der Waals surface area contributed by atoms with Crippen LogP contribution in [0.25, 0.3) is 0 Å². The normalized spacial score (nSPS) is 13.2. The maximum Gasteiger partial charge on any atom is 0.306 e. The quantitative estimate of drug-likeness (QED) is 0.0261. The summed E-state index contributed by atoms with van der Waals surface area (Å²) in [5, 5.41) is 0. The summed E-state index contributed by atoms with van der Waals surface area (Å²) < 4.78 is 16.9.